The molecule has 3 atom stereocenters. The van der Waals surface area contributed by atoms with Crippen molar-refractivity contribution in [2.75, 3.05) is 0 Å². The average Bonchev–Trinajstić information content (AvgIpc) is 1.36. The summed E-state index contributed by atoms with van der Waals surface area (Å²) in [7, 11) is 3.30. The zero-order valence-corrected chi connectivity index (χ0v) is 4.76. The third kappa shape index (κ3) is 0.153. The van der Waals surface area contributed by atoms with E-state index in [0.29, 0.717) is 0 Å². The lowest BCUT2D eigenvalue weighted by Gasteiger charge is -1.25. The molecule has 0 aliphatic carbocycles. The van der Waals surface area contributed by atoms with Gasteiger partial charge in [-0.15, -0.1) is 0 Å². The van der Waals surface area contributed by atoms with Gasteiger partial charge in [-0.2, -0.15) is 0 Å². The van der Waals surface area contributed by atoms with Crippen molar-refractivity contribution < 1.29 is 0 Å². The number of hydrogen-bond acceptors (Lipinski definition) is 0. The summed E-state index contributed by atoms with van der Waals surface area (Å²) in [4.78, 5) is 0. The monoisotopic (exact) mass is 107 g/mol. The van der Waals surface area contributed by atoms with Crippen molar-refractivity contribution in [2.45, 2.75) is 5.14 Å². The zero-order chi connectivity index (χ0) is 2.57. The molecule has 0 nitrogen and oxygen atoms in total. The Kier molecular flexibility index (Phi) is 0.255. The van der Waals surface area contributed by atoms with Crippen molar-refractivity contribution in [3.63, 3.8) is 0 Å². The highest BCUT2D eigenvalue weighted by atomic mass is 32.3. The molecule has 2 rings (SSSR count). The molecule has 3 heteroatoms. The maximum absolute atomic E-state index is 1.84. The maximum Gasteiger partial charge on any atom is 0.258 e. The van der Waals surface area contributed by atoms with Gasteiger partial charge in [-0.3, -0.25) is 0 Å². The van der Waals surface area contributed by atoms with Crippen molar-refractivity contribution in [3.05, 3.63) is 0 Å². The Labute approximate surface area is 29.0 Å². The van der Waals surface area contributed by atoms with Crippen molar-refractivity contribution in [1.82, 2.24) is 0 Å². The largest absolute Gasteiger partial charge is 0.258 e. The lowest BCUT2D eigenvalue weighted by molar-refractivity contribution is 2.21. The van der Waals surface area contributed by atoms with Crippen LogP contribution in [0.3, 0.4) is 0 Å². The molecule has 3 unspecified atom stereocenters. The predicted octanol–water partition coefficient (Wildman–Crippen LogP) is 2.23. The number of rotatable bonds is 0. The molecule has 0 N–H and O–H groups in total. The Balaban J connectivity index is 2.85. The van der Waals surface area contributed by atoms with E-state index in [0.717, 1.165) is 6.90 Å². The van der Waals surface area contributed by atoms with Crippen molar-refractivity contribution in [2.24, 2.45) is 0 Å². The second-order valence-electron chi connectivity index (χ2n) is 0.963. The molecule has 0 saturated carbocycles. The highest BCUT2D eigenvalue weighted by Crippen LogP contribution is 3.00. The van der Waals surface area contributed by atoms with E-state index in [2.05, 4.69) is 0 Å². The first-order valence-electron chi connectivity index (χ1n) is 1.23. The fourth-order valence-electron chi connectivity index (χ4n) is 0.176. The summed E-state index contributed by atoms with van der Waals surface area (Å²) in [6, 6.07) is 0. The highest BCUT2D eigenvalue weighted by molar-refractivity contribution is 8.64. The minimum atomic E-state index is 0.796. The smallest absolute Gasteiger partial charge is 0.166 e. The van der Waals surface area contributed by atoms with Crippen LogP contribution in [0.1, 0.15) is 0 Å². The van der Waals surface area contributed by atoms with Crippen LogP contribution in [-0.4, -0.2) is 5.14 Å². The lowest BCUT2D eigenvalue weighted by atomic mass is 11.9. The molecule has 1 saturated heterocycles. The van der Waals surface area contributed by atoms with Crippen molar-refractivity contribution >= 4 is 23.0 Å². The van der Waals surface area contributed by atoms with Gasteiger partial charge in [0.25, 0.3) is 5.14 Å². The molecule has 4 heavy (non-hydrogen) atoms. The van der Waals surface area contributed by atoms with Crippen LogP contribution in [0, 0.1) is 0 Å². The van der Waals surface area contributed by atoms with Crippen molar-refractivity contribution in [3.8, 4) is 0 Å². The van der Waals surface area contributed by atoms with Crippen molar-refractivity contribution in [1.29, 1.82) is 0 Å². The van der Waals surface area contributed by atoms with E-state index in [1.54, 1.807) is 0 Å². The van der Waals surface area contributed by atoms with Crippen LogP contribution in [0.25, 0.3) is 0 Å². The molecular weight excluding hydrogens is 105 g/mol. The van der Waals surface area contributed by atoms with Gasteiger partial charge < -0.3 is 0 Å². The Morgan fingerprint density at radius 3 is 2.25 bits per heavy atom. The van der Waals surface area contributed by atoms with Crippen LogP contribution < -0.4 is 0 Å². The van der Waals surface area contributed by atoms with Gasteiger partial charge in [-0.25, -0.2) is 0 Å². The third-order valence-corrected chi connectivity index (χ3v) is 11.6. The summed E-state index contributed by atoms with van der Waals surface area (Å²) in [6.07, 6.45) is 0. The topological polar surface area (TPSA) is 0 Å². The molecule has 0 spiro atoms. The van der Waals surface area contributed by atoms with Crippen LogP contribution in [0.2, 0.25) is 0 Å². The first-order chi connectivity index (χ1) is 1.97. The zero-order valence-electron chi connectivity index (χ0n) is 1.97. The Hall–Kier alpha value is 1.03. The molecule has 20 valence electrons. The summed E-state index contributed by atoms with van der Waals surface area (Å²) >= 11 is 0. The molecule has 2 aliphatic heterocycles. The van der Waals surface area contributed by atoms with Crippen LogP contribution in [-0.2, 0) is 0 Å². The fraction of sp³-hybridized carbons (Fsp3) is 1.00. The summed E-state index contributed by atoms with van der Waals surface area (Å²) < 4.78 is 0. The van der Waals surface area contributed by atoms with E-state index < -0.39 is 0 Å². The molecule has 0 radical (unpaired) electrons. The number of hydrogen-bond donors (Lipinski definition) is 0. The van der Waals surface area contributed by atoms with Crippen LogP contribution >= 0.6 is 23.0 Å². The van der Waals surface area contributed by atoms with Gasteiger partial charge in [0.1, 0.15) is 0 Å². The standard InChI is InChI=1S/CH2P3/c2-1-3-4(1)2/h1-2H/q+1. The molecule has 0 aromatic carbocycles. The third-order valence-electron chi connectivity index (χ3n) is 0.591. The summed E-state index contributed by atoms with van der Waals surface area (Å²) in [5.41, 5.74) is 0. The predicted molar refractivity (Wildman–Crippen MR) is 25.9 cm³/mol. The molecule has 2 aliphatic rings. The molecule has 0 bridgehead atoms. The van der Waals surface area contributed by atoms with E-state index in [9.17, 15) is 0 Å². The maximum atomic E-state index is 1.84. The second kappa shape index (κ2) is 0.454. The Morgan fingerprint density at radius 1 is 2.00 bits per heavy atom. The molecule has 2 heterocycles. The van der Waals surface area contributed by atoms with E-state index in [-0.39, 0.29) is 0 Å². The first-order valence-corrected chi connectivity index (χ1v) is 6.23. The molecular formula is CH2P3+. The SMILES string of the molecule is P1=[P+]2PC12. The van der Waals surface area contributed by atoms with E-state index in [1.807, 2.05) is 7.87 Å². The van der Waals surface area contributed by atoms with E-state index in [4.69, 9.17) is 0 Å². The van der Waals surface area contributed by atoms with Crippen LogP contribution in [0.15, 0.2) is 0 Å². The molecule has 1 fully saturated rings. The average molecular weight is 107 g/mol. The number of fused-ring (bicyclic) bond motifs is 1. The van der Waals surface area contributed by atoms with E-state index in [1.165, 1.54) is 13.4 Å². The fourth-order valence-corrected chi connectivity index (χ4v) is 7.54. The molecule has 0 aromatic rings. The summed E-state index contributed by atoms with van der Waals surface area (Å²) in [5.74, 6) is 0. The van der Waals surface area contributed by atoms with Gasteiger partial charge in [0.15, 0.2) is 23.0 Å². The summed E-state index contributed by atoms with van der Waals surface area (Å²) in [6.45, 7) is 0.796. The Morgan fingerprint density at radius 2 is 2.25 bits per heavy atom. The van der Waals surface area contributed by atoms with Crippen LogP contribution in [0.4, 0.5) is 0 Å². The summed E-state index contributed by atoms with van der Waals surface area (Å²) in [5, 5.41) is 1.31. The van der Waals surface area contributed by atoms with Gasteiger partial charge in [0, 0.05) is 0 Å². The van der Waals surface area contributed by atoms with Gasteiger partial charge in [0.2, 0.25) is 0 Å². The highest BCUT2D eigenvalue weighted by Gasteiger charge is 2.63. The van der Waals surface area contributed by atoms with E-state index >= 15 is 0 Å². The second-order valence-corrected chi connectivity index (χ2v) is 10.5. The minimum Gasteiger partial charge on any atom is 0.166 e. The normalized spacial score (nSPS) is 65.0. The molecule has 0 aromatic heterocycles. The first kappa shape index (κ1) is 2.25. The van der Waals surface area contributed by atoms with Gasteiger partial charge in [-0.05, 0) is 0 Å². The van der Waals surface area contributed by atoms with Gasteiger partial charge in [-0.1, -0.05) is 0 Å². The quantitative estimate of drug-likeness (QED) is 0.416. The molecule has 0 amide bonds. The van der Waals surface area contributed by atoms with Crippen LogP contribution in [0.5, 0.6) is 0 Å². The minimum absolute atomic E-state index is 0.796. The Bertz CT molecular complexity index is 83.3. The lowest BCUT2D eigenvalue weighted by Crippen LogP contribution is -1.20. The van der Waals surface area contributed by atoms with Gasteiger partial charge in [0.05, 0.1) is 0 Å². The van der Waals surface area contributed by atoms with Gasteiger partial charge >= 0.3 is 0 Å².